The van der Waals surface area contributed by atoms with Gasteiger partial charge in [0.25, 0.3) is 10.1 Å². The molecule has 1 heterocycles. The van der Waals surface area contributed by atoms with E-state index in [1.165, 1.54) is 6.92 Å². The van der Waals surface area contributed by atoms with Gasteiger partial charge in [-0.05, 0) is 6.92 Å². The van der Waals surface area contributed by atoms with Crippen LogP contribution in [0.15, 0.2) is 0 Å². The summed E-state index contributed by atoms with van der Waals surface area (Å²) in [7, 11) is -3.66. The van der Waals surface area contributed by atoms with E-state index in [1.54, 1.807) is 0 Å². The number of hydrogen-bond acceptors (Lipinski definition) is 5. The number of aliphatic hydroxyl groups is 1. The van der Waals surface area contributed by atoms with Gasteiger partial charge in [-0.25, -0.2) is 0 Å². The summed E-state index contributed by atoms with van der Waals surface area (Å²) >= 11 is 0. The second-order valence-electron chi connectivity index (χ2n) is 3.19. The van der Waals surface area contributed by atoms with Crippen molar-refractivity contribution in [1.29, 1.82) is 0 Å². The molecule has 0 radical (unpaired) electrons. The molecule has 3 N–H and O–H groups in total. The van der Waals surface area contributed by atoms with Crippen LogP contribution in [-0.2, 0) is 10.1 Å². The zero-order valence-electron chi connectivity index (χ0n) is 9.42. The fraction of sp³-hybridized carbons (Fsp3) is 1.00. The number of β-amino-alcohol motifs (C(OH)–C–C–N with tert-alkyl or cyclic N) is 1. The van der Waals surface area contributed by atoms with Crippen LogP contribution in [0.5, 0.6) is 0 Å². The number of piperazine rings is 1. The van der Waals surface area contributed by atoms with E-state index in [1.807, 2.05) is 0 Å². The van der Waals surface area contributed by atoms with E-state index >= 15 is 0 Å². The molecule has 0 aromatic rings. The fourth-order valence-corrected chi connectivity index (χ4v) is 1.08. The molecule has 0 saturated carbocycles. The van der Waals surface area contributed by atoms with Gasteiger partial charge in [0.15, 0.2) is 0 Å². The Morgan fingerprint density at radius 3 is 2.06 bits per heavy atom. The first-order chi connectivity index (χ1) is 6.99. The Labute approximate surface area is 103 Å². The van der Waals surface area contributed by atoms with Crippen molar-refractivity contribution >= 4 is 22.5 Å². The molecule has 1 aliphatic heterocycles. The van der Waals surface area contributed by atoms with Crippen molar-refractivity contribution in [3.8, 4) is 0 Å². The van der Waals surface area contributed by atoms with Crippen LogP contribution in [0.1, 0.15) is 6.92 Å². The second-order valence-corrected chi connectivity index (χ2v) is 4.93. The summed E-state index contributed by atoms with van der Waals surface area (Å²) in [5, 5.41) is 11.8. The van der Waals surface area contributed by atoms with Crippen LogP contribution < -0.4 is 5.32 Å². The standard InChI is InChI=1S/C6H14N2O.C2H6O3S.ClH/c9-6-5-8-3-1-7-2-4-8;1-2-6(3,4)5;/h7,9H,1-6H2;2H2,1H3,(H,3,4,5);1H. The highest BCUT2D eigenvalue weighted by Gasteiger charge is 2.06. The summed E-state index contributed by atoms with van der Waals surface area (Å²) in [6.45, 7) is 6.80. The summed E-state index contributed by atoms with van der Waals surface area (Å²) < 4.78 is 26.9. The Hall–Kier alpha value is 0.0800. The zero-order valence-corrected chi connectivity index (χ0v) is 11.1. The van der Waals surface area contributed by atoms with E-state index in [0.29, 0.717) is 6.61 Å². The van der Waals surface area contributed by atoms with E-state index in [2.05, 4.69) is 10.2 Å². The molecular formula is C8H21ClN2O4S. The summed E-state index contributed by atoms with van der Waals surface area (Å²) in [6.07, 6.45) is 0. The van der Waals surface area contributed by atoms with E-state index in [0.717, 1.165) is 32.7 Å². The van der Waals surface area contributed by atoms with E-state index in [-0.39, 0.29) is 18.2 Å². The van der Waals surface area contributed by atoms with Gasteiger partial charge >= 0.3 is 0 Å². The number of rotatable bonds is 3. The van der Waals surface area contributed by atoms with Crippen LogP contribution in [0, 0.1) is 0 Å². The average molecular weight is 277 g/mol. The first-order valence-corrected chi connectivity index (χ1v) is 6.59. The van der Waals surface area contributed by atoms with Gasteiger partial charge in [-0.1, -0.05) is 0 Å². The topological polar surface area (TPSA) is 89.9 Å². The lowest BCUT2D eigenvalue weighted by Crippen LogP contribution is -2.44. The molecule has 6 nitrogen and oxygen atoms in total. The van der Waals surface area contributed by atoms with Crippen molar-refractivity contribution in [1.82, 2.24) is 10.2 Å². The van der Waals surface area contributed by atoms with Gasteiger partial charge in [0.1, 0.15) is 0 Å². The highest BCUT2D eigenvalue weighted by Crippen LogP contribution is 1.88. The predicted octanol–water partition coefficient (Wildman–Crippen LogP) is -0.800. The molecule has 1 saturated heterocycles. The molecule has 16 heavy (non-hydrogen) atoms. The van der Waals surface area contributed by atoms with Crippen LogP contribution in [0.25, 0.3) is 0 Å². The van der Waals surface area contributed by atoms with Crippen molar-refractivity contribution in [2.45, 2.75) is 6.92 Å². The fourth-order valence-electron chi connectivity index (χ4n) is 1.08. The van der Waals surface area contributed by atoms with Crippen molar-refractivity contribution in [3.63, 3.8) is 0 Å². The normalized spacial score (nSPS) is 16.9. The van der Waals surface area contributed by atoms with Crippen LogP contribution >= 0.6 is 12.4 Å². The molecule has 0 unspecified atom stereocenters. The minimum Gasteiger partial charge on any atom is -0.395 e. The smallest absolute Gasteiger partial charge is 0.264 e. The molecule has 8 heteroatoms. The van der Waals surface area contributed by atoms with Crippen molar-refractivity contribution in [3.05, 3.63) is 0 Å². The quantitative estimate of drug-likeness (QED) is 0.585. The summed E-state index contributed by atoms with van der Waals surface area (Å²) in [6, 6.07) is 0. The zero-order chi connectivity index (χ0) is 11.7. The lowest BCUT2D eigenvalue weighted by Gasteiger charge is -2.25. The van der Waals surface area contributed by atoms with Gasteiger partial charge in [0.2, 0.25) is 0 Å². The molecule has 1 fully saturated rings. The molecule has 0 aromatic carbocycles. The maximum Gasteiger partial charge on any atom is 0.264 e. The molecule has 0 atom stereocenters. The highest BCUT2D eigenvalue weighted by molar-refractivity contribution is 7.85. The van der Waals surface area contributed by atoms with Crippen molar-refractivity contribution in [2.24, 2.45) is 0 Å². The van der Waals surface area contributed by atoms with Crippen LogP contribution in [0.3, 0.4) is 0 Å². The molecule has 0 aliphatic carbocycles. The Morgan fingerprint density at radius 1 is 1.31 bits per heavy atom. The molecular weight excluding hydrogens is 256 g/mol. The van der Waals surface area contributed by atoms with Crippen molar-refractivity contribution in [2.75, 3.05) is 45.1 Å². The number of halogens is 1. The molecule has 0 bridgehead atoms. The van der Waals surface area contributed by atoms with E-state index < -0.39 is 10.1 Å². The maximum absolute atomic E-state index is 9.56. The van der Waals surface area contributed by atoms with Gasteiger partial charge in [-0.2, -0.15) is 8.42 Å². The third kappa shape index (κ3) is 12.2. The van der Waals surface area contributed by atoms with Gasteiger partial charge in [-0.3, -0.25) is 9.45 Å². The molecule has 0 amide bonds. The molecule has 0 aromatic heterocycles. The third-order valence-corrected chi connectivity index (χ3v) is 2.72. The highest BCUT2D eigenvalue weighted by atomic mass is 35.5. The Kier molecular flexibility index (Phi) is 11.8. The van der Waals surface area contributed by atoms with Crippen LogP contribution in [0.2, 0.25) is 0 Å². The maximum atomic E-state index is 9.56. The average Bonchev–Trinajstić information content (AvgIpc) is 2.20. The first kappa shape index (κ1) is 18.4. The minimum atomic E-state index is -3.66. The predicted molar refractivity (Wildman–Crippen MR) is 65.7 cm³/mol. The number of aliphatic hydroxyl groups excluding tert-OH is 1. The van der Waals surface area contributed by atoms with Crippen LogP contribution in [0.4, 0.5) is 0 Å². The molecule has 1 aliphatic rings. The molecule has 100 valence electrons. The molecule has 0 spiro atoms. The minimum absolute atomic E-state index is 0. The van der Waals surface area contributed by atoms with Crippen molar-refractivity contribution < 1.29 is 18.1 Å². The lowest BCUT2D eigenvalue weighted by atomic mass is 10.4. The number of nitrogens with one attached hydrogen (secondary N) is 1. The Morgan fingerprint density at radius 2 is 1.75 bits per heavy atom. The number of hydrogen-bond donors (Lipinski definition) is 3. The van der Waals surface area contributed by atoms with Gasteiger partial charge in [0, 0.05) is 32.7 Å². The molecule has 1 rings (SSSR count). The third-order valence-electron chi connectivity index (χ3n) is 1.99. The Bertz CT molecular complexity index is 240. The summed E-state index contributed by atoms with van der Waals surface area (Å²) in [5.41, 5.74) is 0. The first-order valence-electron chi connectivity index (χ1n) is 4.98. The summed E-state index contributed by atoms with van der Waals surface area (Å²) in [4.78, 5) is 2.26. The van der Waals surface area contributed by atoms with Gasteiger partial charge in [-0.15, -0.1) is 12.4 Å². The second kappa shape index (κ2) is 10.2. The SMILES string of the molecule is CCS(=O)(=O)O.Cl.OCCN1CCNCC1. The van der Waals surface area contributed by atoms with Gasteiger partial charge in [0.05, 0.1) is 12.4 Å². The lowest BCUT2D eigenvalue weighted by molar-refractivity contribution is 0.180. The summed E-state index contributed by atoms with van der Waals surface area (Å²) in [5.74, 6) is -0.201. The van der Waals surface area contributed by atoms with Crippen LogP contribution in [-0.4, -0.2) is 68.1 Å². The Balaban J connectivity index is 0. The van der Waals surface area contributed by atoms with Gasteiger partial charge < -0.3 is 10.4 Å². The van der Waals surface area contributed by atoms with E-state index in [9.17, 15) is 8.42 Å². The number of nitrogens with zero attached hydrogens (tertiary/aromatic N) is 1. The monoisotopic (exact) mass is 276 g/mol. The largest absolute Gasteiger partial charge is 0.395 e. The van der Waals surface area contributed by atoms with E-state index in [4.69, 9.17) is 9.66 Å².